The highest BCUT2D eigenvalue weighted by Gasteiger charge is 2.40. The van der Waals surface area contributed by atoms with Crippen molar-refractivity contribution in [3.8, 4) is 11.5 Å². The van der Waals surface area contributed by atoms with Gasteiger partial charge >= 0.3 is 5.97 Å². The maximum Gasteiger partial charge on any atom is 0.317 e. The van der Waals surface area contributed by atoms with Crippen LogP contribution in [-0.2, 0) is 9.53 Å². The van der Waals surface area contributed by atoms with Crippen LogP contribution in [0.5, 0.6) is 11.5 Å². The molecule has 0 radical (unpaired) electrons. The fourth-order valence-corrected chi connectivity index (χ4v) is 3.13. The average Bonchev–Trinajstić information content (AvgIpc) is 3.08. The Kier molecular flexibility index (Phi) is 5.20. The molecular formula is C18H22N4O4. The lowest BCUT2D eigenvalue weighted by atomic mass is 9.88. The van der Waals surface area contributed by atoms with Crippen LogP contribution in [0.4, 0.5) is 5.95 Å². The summed E-state index contributed by atoms with van der Waals surface area (Å²) in [4.78, 5) is 21.2. The summed E-state index contributed by atoms with van der Waals surface area (Å²) in [7, 11) is 1.59. The van der Waals surface area contributed by atoms with E-state index >= 15 is 0 Å². The van der Waals surface area contributed by atoms with E-state index in [2.05, 4.69) is 15.1 Å². The van der Waals surface area contributed by atoms with E-state index in [-0.39, 0.29) is 5.97 Å². The third-order valence-corrected chi connectivity index (χ3v) is 4.23. The quantitative estimate of drug-likeness (QED) is 0.738. The van der Waals surface area contributed by atoms with Crippen molar-refractivity contribution in [3.05, 3.63) is 30.1 Å². The second kappa shape index (κ2) is 7.55. The largest absolute Gasteiger partial charge is 0.493 e. The molecular weight excluding hydrogens is 336 g/mol. The van der Waals surface area contributed by atoms with Crippen LogP contribution in [0.15, 0.2) is 29.5 Å². The molecule has 0 aliphatic carbocycles. The Bertz CT molecular complexity index is 830. The number of fused-ring (bicyclic) bond motifs is 1. The van der Waals surface area contributed by atoms with Crippen LogP contribution in [0.3, 0.4) is 0 Å². The minimum absolute atomic E-state index is 0.298. The second-order valence-electron chi connectivity index (χ2n) is 5.78. The van der Waals surface area contributed by atoms with E-state index < -0.39 is 12.0 Å². The predicted octanol–water partition coefficient (Wildman–Crippen LogP) is 2.56. The van der Waals surface area contributed by atoms with Gasteiger partial charge in [-0.25, -0.2) is 9.67 Å². The van der Waals surface area contributed by atoms with Crippen LogP contribution in [0.1, 0.15) is 32.4 Å². The van der Waals surface area contributed by atoms with Crippen LogP contribution in [0, 0.1) is 5.92 Å². The highest BCUT2D eigenvalue weighted by atomic mass is 16.5. The lowest BCUT2D eigenvalue weighted by Gasteiger charge is -2.30. The summed E-state index contributed by atoms with van der Waals surface area (Å²) in [5, 5.41) is 4.28. The number of carbonyl (C=O) groups excluding carboxylic acids is 1. The summed E-state index contributed by atoms with van der Waals surface area (Å²) in [5.74, 6) is 0.766. The Hall–Kier alpha value is -2.90. The Morgan fingerprint density at radius 3 is 2.73 bits per heavy atom. The molecule has 3 rings (SSSR count). The van der Waals surface area contributed by atoms with Crippen molar-refractivity contribution in [2.75, 3.05) is 20.3 Å². The molecule has 2 heterocycles. The number of aliphatic imine (C=N–C) groups is 1. The SMILES string of the molecule is CCOC(=O)C1C(C)=Nc2ncnn2C1c1ccc(OC)c(OCC)c1. The van der Waals surface area contributed by atoms with Gasteiger partial charge in [-0.2, -0.15) is 10.1 Å². The number of nitrogens with zero attached hydrogens (tertiary/aromatic N) is 4. The first-order chi connectivity index (χ1) is 12.6. The maximum atomic E-state index is 12.6. The summed E-state index contributed by atoms with van der Waals surface area (Å²) in [5.41, 5.74) is 1.48. The number of rotatable bonds is 6. The van der Waals surface area contributed by atoms with E-state index in [1.807, 2.05) is 25.1 Å². The summed E-state index contributed by atoms with van der Waals surface area (Å²) in [6.07, 6.45) is 1.43. The van der Waals surface area contributed by atoms with Gasteiger partial charge in [-0.15, -0.1) is 0 Å². The normalized spacial score (nSPS) is 18.7. The highest BCUT2D eigenvalue weighted by Crippen LogP contribution is 2.39. The molecule has 8 nitrogen and oxygen atoms in total. The number of hydrogen-bond donors (Lipinski definition) is 0. The van der Waals surface area contributed by atoms with E-state index in [0.29, 0.717) is 36.4 Å². The minimum atomic E-state index is -0.591. The zero-order valence-electron chi connectivity index (χ0n) is 15.3. The topological polar surface area (TPSA) is 87.8 Å². The lowest BCUT2D eigenvalue weighted by Crippen LogP contribution is -2.37. The fraction of sp³-hybridized carbons (Fsp3) is 0.444. The van der Waals surface area contributed by atoms with Gasteiger partial charge in [0.05, 0.1) is 26.4 Å². The number of hydrogen-bond acceptors (Lipinski definition) is 7. The van der Waals surface area contributed by atoms with Crippen LogP contribution < -0.4 is 9.47 Å². The molecule has 2 atom stereocenters. The molecule has 0 saturated heterocycles. The Balaban J connectivity index is 2.11. The van der Waals surface area contributed by atoms with Crippen molar-refractivity contribution in [1.82, 2.24) is 14.8 Å². The third-order valence-electron chi connectivity index (χ3n) is 4.23. The molecule has 0 saturated carbocycles. The summed E-state index contributed by atoms with van der Waals surface area (Å²) in [6.45, 7) is 6.29. The molecule has 0 fully saturated rings. The lowest BCUT2D eigenvalue weighted by molar-refractivity contribution is -0.146. The predicted molar refractivity (Wildman–Crippen MR) is 95.2 cm³/mol. The fourth-order valence-electron chi connectivity index (χ4n) is 3.13. The van der Waals surface area contributed by atoms with Gasteiger partial charge in [0.25, 0.3) is 0 Å². The van der Waals surface area contributed by atoms with Gasteiger partial charge in [0.15, 0.2) is 11.5 Å². The molecule has 138 valence electrons. The Morgan fingerprint density at radius 2 is 2.04 bits per heavy atom. The van der Waals surface area contributed by atoms with Crippen molar-refractivity contribution in [3.63, 3.8) is 0 Å². The molecule has 0 amide bonds. The van der Waals surface area contributed by atoms with Crippen molar-refractivity contribution in [1.29, 1.82) is 0 Å². The van der Waals surface area contributed by atoms with Crippen LogP contribution in [0.25, 0.3) is 0 Å². The molecule has 0 bridgehead atoms. The summed E-state index contributed by atoms with van der Waals surface area (Å²) < 4.78 is 18.0. The van der Waals surface area contributed by atoms with Gasteiger partial charge in [0.1, 0.15) is 12.2 Å². The van der Waals surface area contributed by atoms with E-state index in [9.17, 15) is 4.79 Å². The Labute approximate surface area is 151 Å². The van der Waals surface area contributed by atoms with Gasteiger partial charge < -0.3 is 14.2 Å². The number of methoxy groups -OCH3 is 1. The molecule has 1 aliphatic rings. The third kappa shape index (κ3) is 3.14. The molecule has 1 aliphatic heterocycles. The Morgan fingerprint density at radius 1 is 1.23 bits per heavy atom. The van der Waals surface area contributed by atoms with Gasteiger partial charge in [0.2, 0.25) is 5.95 Å². The number of benzene rings is 1. The first-order valence-electron chi connectivity index (χ1n) is 8.52. The van der Waals surface area contributed by atoms with Gasteiger partial charge in [-0.05, 0) is 38.5 Å². The van der Waals surface area contributed by atoms with E-state index in [1.54, 1.807) is 25.6 Å². The monoisotopic (exact) mass is 358 g/mol. The molecule has 1 aromatic heterocycles. The van der Waals surface area contributed by atoms with Gasteiger partial charge in [0, 0.05) is 5.71 Å². The molecule has 2 aromatic rings. The number of ether oxygens (including phenoxy) is 3. The first-order valence-corrected chi connectivity index (χ1v) is 8.52. The van der Waals surface area contributed by atoms with Crippen molar-refractivity contribution in [2.24, 2.45) is 10.9 Å². The van der Waals surface area contributed by atoms with Crippen molar-refractivity contribution in [2.45, 2.75) is 26.8 Å². The molecule has 2 unspecified atom stereocenters. The minimum Gasteiger partial charge on any atom is -0.493 e. The summed E-state index contributed by atoms with van der Waals surface area (Å²) >= 11 is 0. The van der Waals surface area contributed by atoms with E-state index in [1.165, 1.54) is 6.33 Å². The molecule has 0 spiro atoms. The maximum absolute atomic E-state index is 12.6. The molecule has 0 N–H and O–H groups in total. The zero-order valence-corrected chi connectivity index (χ0v) is 15.3. The average molecular weight is 358 g/mol. The first kappa shape index (κ1) is 17.9. The number of aromatic nitrogens is 3. The smallest absolute Gasteiger partial charge is 0.317 e. The van der Waals surface area contributed by atoms with Crippen LogP contribution in [-0.4, -0.2) is 46.8 Å². The summed E-state index contributed by atoms with van der Waals surface area (Å²) in [6, 6.07) is 5.15. The van der Waals surface area contributed by atoms with E-state index in [4.69, 9.17) is 14.2 Å². The van der Waals surface area contributed by atoms with Gasteiger partial charge in [-0.1, -0.05) is 6.07 Å². The second-order valence-corrected chi connectivity index (χ2v) is 5.78. The van der Waals surface area contributed by atoms with Crippen molar-refractivity contribution < 1.29 is 19.0 Å². The van der Waals surface area contributed by atoms with Gasteiger partial charge in [-0.3, -0.25) is 4.79 Å². The zero-order chi connectivity index (χ0) is 18.7. The van der Waals surface area contributed by atoms with Crippen molar-refractivity contribution >= 4 is 17.6 Å². The number of esters is 1. The number of carbonyl (C=O) groups is 1. The molecule has 8 heteroatoms. The van der Waals surface area contributed by atoms with Crippen LogP contribution in [0.2, 0.25) is 0 Å². The molecule has 1 aromatic carbocycles. The standard InChI is InChI=1S/C18H22N4O4/c1-5-25-14-9-12(7-8-13(14)24-4)16-15(17(23)26-6-2)11(3)21-18-19-10-20-22(16)18/h7-10,15-16H,5-6H2,1-4H3. The molecule has 26 heavy (non-hydrogen) atoms. The van der Waals surface area contributed by atoms with Crippen LogP contribution >= 0.6 is 0 Å². The van der Waals surface area contributed by atoms with E-state index in [0.717, 1.165) is 5.56 Å². The highest BCUT2D eigenvalue weighted by molar-refractivity contribution is 6.03.